The number of benzene rings is 1. The highest BCUT2D eigenvalue weighted by Gasteiger charge is 2.21. The number of amides is 2. The lowest BCUT2D eigenvalue weighted by Crippen LogP contribution is -2.38. The molecule has 2 aromatic heterocycles. The Bertz CT molecular complexity index is 890. The van der Waals surface area contributed by atoms with Gasteiger partial charge in [-0.15, -0.1) is 21.5 Å². The van der Waals surface area contributed by atoms with Gasteiger partial charge in [0, 0.05) is 24.0 Å². The predicted molar refractivity (Wildman–Crippen MR) is 99.6 cm³/mol. The maximum atomic E-state index is 12.5. The fourth-order valence-electron chi connectivity index (χ4n) is 2.70. The van der Waals surface area contributed by atoms with Gasteiger partial charge in [0.25, 0.3) is 0 Å². The summed E-state index contributed by atoms with van der Waals surface area (Å²) in [4.78, 5) is 19.9. The molecule has 136 valence electrons. The van der Waals surface area contributed by atoms with E-state index in [0.29, 0.717) is 12.4 Å². The predicted octanol–water partition coefficient (Wildman–Crippen LogP) is 2.84. The Morgan fingerprint density at radius 1 is 1.38 bits per heavy atom. The molecule has 0 aliphatic rings. The molecule has 0 bridgehead atoms. The van der Waals surface area contributed by atoms with E-state index in [1.807, 2.05) is 45.0 Å². The van der Waals surface area contributed by atoms with Crippen LogP contribution in [0.4, 0.5) is 4.79 Å². The van der Waals surface area contributed by atoms with Crippen LogP contribution >= 0.6 is 11.3 Å². The van der Waals surface area contributed by atoms with Gasteiger partial charge in [0.05, 0.1) is 16.7 Å². The Morgan fingerprint density at radius 3 is 2.85 bits per heavy atom. The molecule has 3 rings (SSSR count). The monoisotopic (exact) mass is 371 g/mol. The third-order valence-electron chi connectivity index (χ3n) is 4.21. The fourth-order valence-corrected chi connectivity index (χ4v) is 3.61. The van der Waals surface area contributed by atoms with Crippen LogP contribution in [0.25, 0.3) is 11.4 Å². The number of urea groups is 1. The highest BCUT2D eigenvalue weighted by atomic mass is 32.1. The van der Waals surface area contributed by atoms with Crippen molar-refractivity contribution in [2.75, 3.05) is 7.05 Å². The number of aromatic nitrogens is 5. The molecule has 26 heavy (non-hydrogen) atoms. The molecule has 2 N–H and O–H groups in total. The minimum atomic E-state index is -0.146. The van der Waals surface area contributed by atoms with Crippen LogP contribution in [0.5, 0.6) is 0 Å². The van der Waals surface area contributed by atoms with Crippen molar-refractivity contribution in [3.05, 3.63) is 45.4 Å². The van der Waals surface area contributed by atoms with Crippen LogP contribution in [-0.2, 0) is 6.54 Å². The summed E-state index contributed by atoms with van der Waals surface area (Å²) in [6.45, 7) is 6.41. The van der Waals surface area contributed by atoms with Crippen molar-refractivity contribution in [1.82, 2.24) is 35.8 Å². The van der Waals surface area contributed by atoms with E-state index in [0.717, 1.165) is 26.7 Å². The molecule has 0 fully saturated rings. The maximum Gasteiger partial charge on any atom is 0.317 e. The molecular formula is C17H21N7OS. The molecule has 3 aromatic rings. The van der Waals surface area contributed by atoms with Gasteiger partial charge in [0.1, 0.15) is 0 Å². The van der Waals surface area contributed by atoms with Crippen LogP contribution in [0, 0.1) is 13.8 Å². The van der Waals surface area contributed by atoms with Crippen LogP contribution in [0.2, 0.25) is 0 Å². The van der Waals surface area contributed by atoms with E-state index < -0.39 is 0 Å². The maximum absolute atomic E-state index is 12.5. The number of thiazole rings is 1. The fraction of sp³-hybridized carbons (Fsp3) is 0.353. The van der Waals surface area contributed by atoms with Gasteiger partial charge in [-0.3, -0.25) is 0 Å². The minimum Gasteiger partial charge on any atom is -0.334 e. The van der Waals surface area contributed by atoms with Crippen molar-refractivity contribution in [2.24, 2.45) is 0 Å². The first kappa shape index (κ1) is 18.0. The number of rotatable bonds is 5. The van der Waals surface area contributed by atoms with Crippen molar-refractivity contribution >= 4 is 17.4 Å². The number of hydrogen-bond acceptors (Lipinski definition) is 6. The Kier molecular flexibility index (Phi) is 5.27. The van der Waals surface area contributed by atoms with E-state index in [1.54, 1.807) is 23.3 Å². The van der Waals surface area contributed by atoms with E-state index in [-0.39, 0.29) is 12.1 Å². The summed E-state index contributed by atoms with van der Waals surface area (Å²) in [6, 6.07) is 7.45. The quantitative estimate of drug-likeness (QED) is 0.718. The highest BCUT2D eigenvalue weighted by molar-refractivity contribution is 7.11. The van der Waals surface area contributed by atoms with Gasteiger partial charge in [-0.1, -0.05) is 18.2 Å². The van der Waals surface area contributed by atoms with Crippen LogP contribution in [0.1, 0.15) is 34.1 Å². The zero-order valence-electron chi connectivity index (χ0n) is 15.1. The molecule has 0 spiro atoms. The van der Waals surface area contributed by atoms with E-state index in [2.05, 4.69) is 30.9 Å². The summed E-state index contributed by atoms with van der Waals surface area (Å²) in [5.74, 6) is 0.526. The first-order valence-corrected chi connectivity index (χ1v) is 9.04. The molecular weight excluding hydrogens is 350 g/mol. The molecule has 0 radical (unpaired) electrons. The van der Waals surface area contributed by atoms with Gasteiger partial charge < -0.3 is 10.2 Å². The number of nitrogens with one attached hydrogen (secondary N) is 2. The van der Waals surface area contributed by atoms with Gasteiger partial charge in [0.2, 0.25) is 5.82 Å². The van der Waals surface area contributed by atoms with Crippen molar-refractivity contribution in [3.63, 3.8) is 0 Å². The van der Waals surface area contributed by atoms with Crippen LogP contribution in [0.3, 0.4) is 0 Å². The van der Waals surface area contributed by atoms with Gasteiger partial charge in [0.15, 0.2) is 0 Å². The first-order valence-electron chi connectivity index (χ1n) is 8.23. The zero-order chi connectivity index (χ0) is 18.7. The van der Waals surface area contributed by atoms with Gasteiger partial charge in [-0.25, -0.2) is 9.78 Å². The standard InChI is InChI=1S/C17H21N7OS/c1-10(15-11(2)26-12(3)19-15)24(4)17(25)18-9-13-6-5-7-14(8-13)16-20-22-23-21-16/h5-8,10H,9H2,1-4H3,(H,18,25)(H,20,21,22,23)/t10-/m1/s1. The molecule has 8 nitrogen and oxygen atoms in total. The van der Waals surface area contributed by atoms with Crippen molar-refractivity contribution in [3.8, 4) is 11.4 Å². The largest absolute Gasteiger partial charge is 0.334 e. The molecule has 0 saturated heterocycles. The second-order valence-corrected chi connectivity index (χ2v) is 7.46. The number of tetrazole rings is 1. The third kappa shape index (κ3) is 3.88. The van der Waals surface area contributed by atoms with Crippen molar-refractivity contribution < 1.29 is 4.79 Å². The van der Waals surface area contributed by atoms with Crippen LogP contribution in [0.15, 0.2) is 24.3 Å². The molecule has 0 saturated carbocycles. The van der Waals surface area contributed by atoms with Gasteiger partial charge in [-0.05, 0) is 37.6 Å². The third-order valence-corrected chi connectivity index (χ3v) is 5.11. The summed E-state index contributed by atoms with van der Waals surface area (Å²) in [6.07, 6.45) is 0. The molecule has 9 heteroatoms. The van der Waals surface area contributed by atoms with Crippen LogP contribution in [-0.4, -0.2) is 43.6 Å². The van der Waals surface area contributed by atoms with Crippen LogP contribution < -0.4 is 5.32 Å². The topological polar surface area (TPSA) is 99.7 Å². The van der Waals surface area contributed by atoms with Crippen molar-refractivity contribution in [2.45, 2.75) is 33.4 Å². The summed E-state index contributed by atoms with van der Waals surface area (Å²) >= 11 is 1.65. The number of hydrogen-bond donors (Lipinski definition) is 2. The van der Waals surface area contributed by atoms with E-state index >= 15 is 0 Å². The molecule has 2 heterocycles. The second kappa shape index (κ2) is 7.61. The summed E-state index contributed by atoms with van der Waals surface area (Å²) < 4.78 is 0. The average molecular weight is 371 g/mol. The van der Waals surface area contributed by atoms with Gasteiger partial charge >= 0.3 is 6.03 Å². The second-order valence-electron chi connectivity index (χ2n) is 6.06. The Labute approximate surface area is 155 Å². The zero-order valence-corrected chi connectivity index (χ0v) is 16.0. The Hall–Kier alpha value is -2.81. The summed E-state index contributed by atoms with van der Waals surface area (Å²) in [5, 5.41) is 17.9. The normalized spacial score (nSPS) is 12.0. The Morgan fingerprint density at radius 2 is 2.19 bits per heavy atom. The van der Waals surface area contributed by atoms with Gasteiger partial charge in [-0.2, -0.15) is 5.21 Å². The minimum absolute atomic E-state index is 0.0920. The number of carbonyl (C=O) groups is 1. The lowest BCUT2D eigenvalue weighted by molar-refractivity contribution is 0.193. The molecule has 0 aliphatic heterocycles. The molecule has 0 unspecified atom stereocenters. The molecule has 1 atom stereocenters. The number of aryl methyl sites for hydroxylation is 2. The number of carbonyl (C=O) groups excluding carboxylic acids is 1. The smallest absolute Gasteiger partial charge is 0.317 e. The van der Waals surface area contributed by atoms with Crippen molar-refractivity contribution in [1.29, 1.82) is 0 Å². The molecule has 0 aliphatic carbocycles. The molecule has 2 amide bonds. The Balaban J connectivity index is 1.63. The number of aromatic amines is 1. The van der Waals surface area contributed by atoms with E-state index in [9.17, 15) is 4.79 Å². The number of nitrogens with zero attached hydrogens (tertiary/aromatic N) is 5. The average Bonchev–Trinajstić information content (AvgIpc) is 3.28. The van der Waals surface area contributed by atoms with E-state index in [1.165, 1.54) is 0 Å². The summed E-state index contributed by atoms with van der Waals surface area (Å²) in [7, 11) is 1.78. The molecule has 1 aromatic carbocycles. The first-order chi connectivity index (χ1) is 12.5. The number of H-pyrrole nitrogens is 1. The SMILES string of the molecule is Cc1nc([C@@H](C)N(C)C(=O)NCc2cccc(-c3nn[nH]n3)c2)c(C)s1. The summed E-state index contributed by atoms with van der Waals surface area (Å²) in [5.41, 5.74) is 2.76. The highest BCUT2D eigenvalue weighted by Crippen LogP contribution is 2.26. The van der Waals surface area contributed by atoms with E-state index in [4.69, 9.17) is 0 Å². The lowest BCUT2D eigenvalue weighted by atomic mass is 10.1. The lowest BCUT2D eigenvalue weighted by Gasteiger charge is -2.24.